The highest BCUT2D eigenvalue weighted by molar-refractivity contribution is 5.66. The number of rotatable bonds is 10. The number of carbonyl (C=O) groups is 1. The molecule has 26 heavy (non-hydrogen) atoms. The average molecular weight is 357 g/mol. The van der Waals surface area contributed by atoms with Crippen molar-refractivity contribution >= 4 is 5.97 Å². The topological polar surface area (TPSA) is 71.1 Å². The van der Waals surface area contributed by atoms with E-state index in [-0.39, 0.29) is 18.6 Å². The first-order valence-electron chi connectivity index (χ1n) is 9.66. The van der Waals surface area contributed by atoms with Crippen molar-refractivity contribution in [3.63, 3.8) is 0 Å². The van der Waals surface area contributed by atoms with Crippen LogP contribution in [0, 0.1) is 11.8 Å². The van der Waals surface area contributed by atoms with Gasteiger partial charge in [0.25, 0.3) is 0 Å². The fraction of sp³-hybridized carbons (Fsp3) is 0.571. The lowest BCUT2D eigenvalue weighted by Gasteiger charge is -2.25. The van der Waals surface area contributed by atoms with Gasteiger partial charge < -0.3 is 19.9 Å². The zero-order valence-electron chi connectivity index (χ0n) is 14.9. The number of hydrogen-bond donors (Lipinski definition) is 2. The third-order valence-corrected chi connectivity index (χ3v) is 5.81. The number of nitrogens with one attached hydrogen (secondary N) is 1. The molecule has 3 aliphatic heterocycles. The third kappa shape index (κ3) is 3.85. The molecule has 3 fully saturated rings. The van der Waals surface area contributed by atoms with E-state index in [0.29, 0.717) is 30.5 Å². The molecule has 140 valence electrons. The summed E-state index contributed by atoms with van der Waals surface area (Å²) in [5, 5.41) is 12.3. The first-order valence-corrected chi connectivity index (χ1v) is 9.66. The predicted molar refractivity (Wildman–Crippen MR) is 97.7 cm³/mol. The van der Waals surface area contributed by atoms with E-state index in [0.717, 1.165) is 25.9 Å². The highest BCUT2D eigenvalue weighted by Gasteiger charge is 2.68. The zero-order chi connectivity index (χ0) is 17.9. The highest BCUT2D eigenvalue weighted by atomic mass is 16.7. The molecule has 0 aliphatic carbocycles. The summed E-state index contributed by atoms with van der Waals surface area (Å²) >= 11 is 0. The molecule has 2 bridgehead atoms. The van der Waals surface area contributed by atoms with Crippen LogP contribution in [0.4, 0.5) is 0 Å². The molecule has 3 heterocycles. The van der Waals surface area contributed by atoms with Gasteiger partial charge in [-0.25, -0.2) is 0 Å². The Morgan fingerprint density at radius 3 is 2.54 bits per heavy atom. The summed E-state index contributed by atoms with van der Waals surface area (Å²) in [5.74, 6) is 0.250. The number of benzene rings is 1. The van der Waals surface area contributed by atoms with Gasteiger partial charge in [-0.15, -0.1) is 0 Å². The lowest BCUT2D eigenvalue weighted by atomic mass is 9.77. The minimum Gasteiger partial charge on any atom is -0.481 e. The second-order valence-corrected chi connectivity index (χ2v) is 7.57. The Hall–Kier alpha value is -1.69. The zero-order valence-corrected chi connectivity index (χ0v) is 14.9. The molecule has 3 saturated heterocycles. The summed E-state index contributed by atoms with van der Waals surface area (Å²) in [7, 11) is 0. The van der Waals surface area contributed by atoms with Crippen LogP contribution >= 0.6 is 0 Å². The van der Waals surface area contributed by atoms with Gasteiger partial charge in [0.15, 0.2) is 0 Å². The van der Waals surface area contributed by atoms with Gasteiger partial charge in [0.2, 0.25) is 0 Å². The van der Waals surface area contributed by atoms with Crippen molar-refractivity contribution in [3.05, 3.63) is 48.0 Å². The minimum atomic E-state index is -0.721. The summed E-state index contributed by atoms with van der Waals surface area (Å²) in [5.41, 5.74) is 1.30. The maximum atomic E-state index is 10.6. The molecule has 0 saturated carbocycles. The number of unbranched alkanes of at least 4 members (excludes halogenated alkanes) is 1. The van der Waals surface area contributed by atoms with Crippen molar-refractivity contribution in [2.24, 2.45) is 11.8 Å². The first-order chi connectivity index (χ1) is 12.7. The van der Waals surface area contributed by atoms with Crippen LogP contribution in [-0.2, 0) is 20.8 Å². The predicted octanol–water partition coefficient (Wildman–Crippen LogP) is 2.76. The van der Waals surface area contributed by atoms with E-state index in [1.54, 1.807) is 0 Å². The van der Waals surface area contributed by atoms with E-state index in [4.69, 9.17) is 14.6 Å². The van der Waals surface area contributed by atoms with Crippen molar-refractivity contribution in [1.82, 2.24) is 5.32 Å². The van der Waals surface area contributed by atoms with Gasteiger partial charge in [-0.3, -0.25) is 4.79 Å². The van der Waals surface area contributed by atoms with E-state index >= 15 is 0 Å². The molecule has 0 amide bonds. The first kappa shape index (κ1) is 17.7. The SMILES string of the molecule is O=C(O)CCC/C=C\C[C@H]1[C@@H](CNCc2ccccc2)[C@@H]2O[C@H]1[C@@H]1O[C@@H]12. The van der Waals surface area contributed by atoms with Crippen molar-refractivity contribution in [2.45, 2.75) is 56.6 Å². The number of carboxylic acids is 1. The number of epoxide rings is 1. The molecule has 1 aromatic carbocycles. The Labute approximate surface area is 154 Å². The van der Waals surface area contributed by atoms with Crippen LogP contribution in [0.25, 0.3) is 0 Å². The molecule has 6 atom stereocenters. The summed E-state index contributed by atoms with van der Waals surface area (Å²) in [6.45, 7) is 1.82. The molecule has 1 aromatic rings. The Kier molecular flexibility index (Phi) is 5.38. The van der Waals surface area contributed by atoms with Crippen LogP contribution in [0.1, 0.15) is 31.2 Å². The molecule has 0 radical (unpaired) electrons. The Morgan fingerprint density at radius 1 is 1.04 bits per heavy atom. The molecule has 0 unspecified atom stereocenters. The van der Waals surface area contributed by atoms with Crippen LogP contribution in [0.2, 0.25) is 0 Å². The Bertz CT molecular complexity index is 647. The van der Waals surface area contributed by atoms with E-state index in [9.17, 15) is 4.79 Å². The number of fused-ring (bicyclic) bond motifs is 5. The summed E-state index contributed by atoms with van der Waals surface area (Å²) in [6.07, 6.45) is 8.18. The minimum absolute atomic E-state index is 0.234. The van der Waals surface area contributed by atoms with Gasteiger partial charge in [-0.1, -0.05) is 42.5 Å². The van der Waals surface area contributed by atoms with Crippen LogP contribution in [0.3, 0.4) is 0 Å². The van der Waals surface area contributed by atoms with Gasteiger partial charge in [-0.05, 0) is 30.7 Å². The standard InChI is InChI=1S/C21H27NO4/c23-17(24)11-7-2-1-6-10-15-16(19-21-20(26-21)18(15)25-19)13-22-12-14-8-4-3-5-9-14/h1,3-6,8-9,15-16,18-22H,2,7,10-13H2,(H,23,24)/b6-1-/t15-,16+,18+,19-,20-,21+/m0/s1. The molecule has 3 aliphatic rings. The van der Waals surface area contributed by atoms with Gasteiger partial charge in [0, 0.05) is 25.4 Å². The van der Waals surface area contributed by atoms with E-state index in [1.807, 2.05) is 6.07 Å². The van der Waals surface area contributed by atoms with Crippen LogP contribution < -0.4 is 5.32 Å². The van der Waals surface area contributed by atoms with Crippen LogP contribution in [-0.4, -0.2) is 42.0 Å². The van der Waals surface area contributed by atoms with Crippen molar-refractivity contribution in [1.29, 1.82) is 0 Å². The number of carboxylic acid groups (broad SMARTS) is 1. The van der Waals surface area contributed by atoms with Gasteiger partial charge >= 0.3 is 5.97 Å². The van der Waals surface area contributed by atoms with E-state index in [2.05, 4.69) is 41.7 Å². The maximum absolute atomic E-state index is 10.6. The number of hydrogen-bond acceptors (Lipinski definition) is 4. The molecule has 5 heteroatoms. The van der Waals surface area contributed by atoms with Gasteiger partial charge in [0.05, 0.1) is 12.2 Å². The Morgan fingerprint density at radius 2 is 1.77 bits per heavy atom. The highest BCUT2D eigenvalue weighted by Crippen LogP contribution is 2.54. The van der Waals surface area contributed by atoms with Gasteiger partial charge in [-0.2, -0.15) is 0 Å². The summed E-state index contributed by atoms with van der Waals surface area (Å²) in [6, 6.07) is 10.5. The van der Waals surface area contributed by atoms with Crippen molar-refractivity contribution in [3.8, 4) is 0 Å². The van der Waals surface area contributed by atoms with Gasteiger partial charge in [0.1, 0.15) is 12.2 Å². The molecular formula is C21H27NO4. The molecule has 4 rings (SSSR count). The maximum Gasteiger partial charge on any atom is 0.303 e. The molecule has 0 spiro atoms. The van der Waals surface area contributed by atoms with Crippen LogP contribution in [0.15, 0.2) is 42.5 Å². The molecule has 5 nitrogen and oxygen atoms in total. The monoisotopic (exact) mass is 357 g/mol. The fourth-order valence-corrected chi connectivity index (χ4v) is 4.48. The average Bonchev–Trinajstić information content (AvgIpc) is 3.27. The normalized spacial score (nSPS) is 34.3. The fourth-order valence-electron chi connectivity index (χ4n) is 4.48. The second kappa shape index (κ2) is 7.91. The van der Waals surface area contributed by atoms with Crippen molar-refractivity contribution in [2.75, 3.05) is 6.54 Å². The van der Waals surface area contributed by atoms with Crippen LogP contribution in [0.5, 0.6) is 0 Å². The third-order valence-electron chi connectivity index (χ3n) is 5.81. The van der Waals surface area contributed by atoms with Crippen molar-refractivity contribution < 1.29 is 19.4 Å². The molecule has 2 N–H and O–H groups in total. The Balaban J connectivity index is 1.27. The lowest BCUT2D eigenvalue weighted by molar-refractivity contribution is -0.137. The number of allylic oxidation sites excluding steroid dienone is 2. The summed E-state index contributed by atoms with van der Waals surface area (Å²) < 4.78 is 12.0. The van der Waals surface area contributed by atoms with E-state index in [1.165, 1.54) is 5.56 Å². The number of ether oxygens (including phenoxy) is 2. The summed E-state index contributed by atoms with van der Waals surface area (Å²) in [4.78, 5) is 10.6. The largest absolute Gasteiger partial charge is 0.481 e. The molecule has 0 aromatic heterocycles. The smallest absolute Gasteiger partial charge is 0.303 e. The quantitative estimate of drug-likeness (QED) is 0.383. The second-order valence-electron chi connectivity index (χ2n) is 7.57. The lowest BCUT2D eigenvalue weighted by Crippen LogP contribution is -2.39. The number of aliphatic carboxylic acids is 1. The molecular weight excluding hydrogens is 330 g/mol. The van der Waals surface area contributed by atoms with E-state index < -0.39 is 5.97 Å².